The number of nitrogens with zero attached hydrogens (tertiary/aromatic N) is 4. The number of morpholine rings is 1. The molecule has 0 aliphatic carbocycles. The highest BCUT2D eigenvalue weighted by Crippen LogP contribution is 2.20. The number of nitro groups is 1. The first kappa shape index (κ1) is 13.0. The number of rotatable bonds is 4. The molecule has 1 aromatic rings. The van der Waals surface area contributed by atoms with Crippen LogP contribution >= 0.6 is 0 Å². The Hall–Kier alpha value is -1.47. The van der Waals surface area contributed by atoms with Gasteiger partial charge in [0.25, 0.3) is 0 Å². The van der Waals surface area contributed by atoms with Crippen molar-refractivity contribution in [1.82, 2.24) is 14.5 Å². The topological polar surface area (TPSA) is 73.4 Å². The lowest BCUT2D eigenvalue weighted by molar-refractivity contribution is -0.389. The van der Waals surface area contributed by atoms with Crippen molar-refractivity contribution in [1.29, 1.82) is 0 Å². The molecule has 1 aromatic heterocycles. The molecule has 1 aliphatic rings. The summed E-state index contributed by atoms with van der Waals surface area (Å²) in [6.07, 6.45) is 3.01. The Morgan fingerprint density at radius 3 is 2.72 bits per heavy atom. The van der Waals surface area contributed by atoms with E-state index in [-0.39, 0.29) is 11.4 Å². The van der Waals surface area contributed by atoms with E-state index in [1.807, 2.05) is 13.8 Å². The fourth-order valence-corrected chi connectivity index (χ4v) is 2.13. The molecular formula is C11H18N4O3. The van der Waals surface area contributed by atoms with E-state index >= 15 is 0 Å². The minimum Gasteiger partial charge on any atom is -0.379 e. The zero-order valence-electron chi connectivity index (χ0n) is 10.7. The van der Waals surface area contributed by atoms with Crippen LogP contribution in [0, 0.1) is 10.1 Å². The second-order valence-electron chi connectivity index (χ2n) is 5.10. The molecule has 0 radical (unpaired) electrons. The van der Waals surface area contributed by atoms with Gasteiger partial charge in [-0.05, 0) is 23.8 Å². The Kier molecular flexibility index (Phi) is 3.63. The number of hydrogen-bond acceptors (Lipinski definition) is 5. The molecule has 1 aliphatic heterocycles. The van der Waals surface area contributed by atoms with Gasteiger partial charge in [0, 0.05) is 19.6 Å². The summed E-state index contributed by atoms with van der Waals surface area (Å²) >= 11 is 0. The van der Waals surface area contributed by atoms with Crippen molar-refractivity contribution in [3.8, 4) is 0 Å². The van der Waals surface area contributed by atoms with Crippen molar-refractivity contribution in [2.75, 3.05) is 32.8 Å². The Bertz CT molecular complexity index is 424. The lowest BCUT2D eigenvalue weighted by Gasteiger charge is -2.35. The van der Waals surface area contributed by atoms with Gasteiger partial charge in [0.15, 0.2) is 0 Å². The third kappa shape index (κ3) is 2.85. The molecule has 18 heavy (non-hydrogen) atoms. The van der Waals surface area contributed by atoms with Crippen molar-refractivity contribution in [2.24, 2.45) is 0 Å². The zero-order valence-corrected chi connectivity index (χ0v) is 10.7. The van der Waals surface area contributed by atoms with Crippen LogP contribution in [0.4, 0.5) is 5.82 Å². The Labute approximate surface area is 106 Å². The second kappa shape index (κ2) is 5.03. The maximum absolute atomic E-state index is 10.6. The molecule has 1 fully saturated rings. The highest BCUT2D eigenvalue weighted by Gasteiger charge is 2.27. The summed E-state index contributed by atoms with van der Waals surface area (Å²) in [5, 5.41) is 10.6. The average Bonchev–Trinajstić information content (AvgIpc) is 2.79. The first-order chi connectivity index (χ1) is 8.49. The van der Waals surface area contributed by atoms with Crippen LogP contribution in [0.5, 0.6) is 0 Å². The van der Waals surface area contributed by atoms with E-state index in [0.717, 1.165) is 32.8 Å². The summed E-state index contributed by atoms with van der Waals surface area (Å²) in [5.41, 5.74) is -0.224. The molecule has 0 aromatic carbocycles. The largest absolute Gasteiger partial charge is 0.381 e. The SMILES string of the molecule is CC(C)(CN1CCOCC1)n1cnc([N+](=O)[O-])c1. The summed E-state index contributed by atoms with van der Waals surface area (Å²) < 4.78 is 7.11. The van der Waals surface area contributed by atoms with Crippen molar-refractivity contribution in [3.63, 3.8) is 0 Å². The first-order valence-electron chi connectivity index (χ1n) is 5.98. The van der Waals surface area contributed by atoms with Crippen LogP contribution in [0.25, 0.3) is 0 Å². The summed E-state index contributed by atoms with van der Waals surface area (Å²) in [5.74, 6) is -0.106. The average molecular weight is 254 g/mol. The minimum atomic E-state index is -0.471. The highest BCUT2D eigenvalue weighted by molar-refractivity contribution is 5.14. The molecular weight excluding hydrogens is 236 g/mol. The van der Waals surface area contributed by atoms with Crippen molar-refractivity contribution < 1.29 is 9.66 Å². The first-order valence-corrected chi connectivity index (χ1v) is 5.98. The fraction of sp³-hybridized carbons (Fsp3) is 0.727. The van der Waals surface area contributed by atoms with E-state index in [9.17, 15) is 10.1 Å². The van der Waals surface area contributed by atoms with Gasteiger partial charge in [-0.1, -0.05) is 0 Å². The van der Waals surface area contributed by atoms with Crippen LogP contribution < -0.4 is 0 Å². The summed E-state index contributed by atoms with van der Waals surface area (Å²) in [7, 11) is 0. The van der Waals surface area contributed by atoms with Crippen molar-refractivity contribution in [2.45, 2.75) is 19.4 Å². The van der Waals surface area contributed by atoms with Gasteiger partial charge < -0.3 is 19.4 Å². The molecule has 0 unspecified atom stereocenters. The van der Waals surface area contributed by atoms with E-state index in [4.69, 9.17) is 4.74 Å². The number of aromatic nitrogens is 2. The van der Waals surface area contributed by atoms with Gasteiger partial charge >= 0.3 is 5.82 Å². The van der Waals surface area contributed by atoms with E-state index in [1.54, 1.807) is 4.57 Å². The minimum absolute atomic E-state index is 0.106. The van der Waals surface area contributed by atoms with Crippen molar-refractivity contribution in [3.05, 3.63) is 22.6 Å². The number of ether oxygens (including phenoxy) is 1. The van der Waals surface area contributed by atoms with E-state index in [0.29, 0.717) is 0 Å². The van der Waals surface area contributed by atoms with E-state index in [1.165, 1.54) is 12.5 Å². The molecule has 7 nitrogen and oxygen atoms in total. The lowest BCUT2D eigenvalue weighted by Crippen LogP contribution is -2.45. The third-order valence-corrected chi connectivity index (χ3v) is 3.17. The monoisotopic (exact) mass is 254 g/mol. The molecule has 0 N–H and O–H groups in total. The van der Waals surface area contributed by atoms with E-state index in [2.05, 4.69) is 9.88 Å². The van der Waals surface area contributed by atoms with Gasteiger partial charge in [0.1, 0.15) is 6.20 Å². The summed E-state index contributed by atoms with van der Waals surface area (Å²) in [6.45, 7) is 8.23. The number of hydrogen-bond donors (Lipinski definition) is 0. The van der Waals surface area contributed by atoms with Crippen molar-refractivity contribution >= 4 is 5.82 Å². The lowest BCUT2D eigenvalue weighted by atomic mass is 10.0. The Balaban J connectivity index is 2.06. The molecule has 2 rings (SSSR count). The molecule has 0 saturated carbocycles. The molecule has 2 heterocycles. The molecule has 0 amide bonds. The van der Waals surface area contributed by atoms with Gasteiger partial charge in [-0.2, -0.15) is 0 Å². The van der Waals surface area contributed by atoms with Crippen LogP contribution in [0.1, 0.15) is 13.8 Å². The Morgan fingerprint density at radius 1 is 1.50 bits per heavy atom. The molecule has 100 valence electrons. The zero-order chi connectivity index (χ0) is 13.2. The summed E-state index contributed by atoms with van der Waals surface area (Å²) in [6, 6.07) is 0. The van der Waals surface area contributed by atoms with Crippen LogP contribution in [0.15, 0.2) is 12.5 Å². The predicted molar refractivity (Wildman–Crippen MR) is 65.5 cm³/mol. The fourth-order valence-electron chi connectivity index (χ4n) is 2.13. The highest BCUT2D eigenvalue weighted by atomic mass is 16.6. The van der Waals surface area contributed by atoms with Gasteiger partial charge in [-0.15, -0.1) is 0 Å². The van der Waals surface area contributed by atoms with E-state index < -0.39 is 4.92 Å². The van der Waals surface area contributed by atoms with Gasteiger partial charge in [-0.3, -0.25) is 4.90 Å². The molecule has 0 bridgehead atoms. The quantitative estimate of drug-likeness (QED) is 0.588. The smallest absolute Gasteiger partial charge is 0.379 e. The second-order valence-corrected chi connectivity index (χ2v) is 5.10. The van der Waals surface area contributed by atoms with Crippen LogP contribution in [-0.2, 0) is 10.3 Å². The predicted octanol–water partition coefficient (Wildman–Crippen LogP) is 0.859. The van der Waals surface area contributed by atoms with Crippen LogP contribution in [-0.4, -0.2) is 52.2 Å². The summed E-state index contributed by atoms with van der Waals surface area (Å²) in [4.78, 5) is 16.3. The van der Waals surface area contributed by atoms with Gasteiger partial charge in [0.05, 0.1) is 18.8 Å². The Morgan fingerprint density at radius 2 is 2.17 bits per heavy atom. The normalized spacial score (nSPS) is 17.9. The van der Waals surface area contributed by atoms with Crippen LogP contribution in [0.3, 0.4) is 0 Å². The molecule has 1 saturated heterocycles. The van der Waals surface area contributed by atoms with Gasteiger partial charge in [0.2, 0.25) is 6.33 Å². The van der Waals surface area contributed by atoms with Gasteiger partial charge in [-0.25, -0.2) is 0 Å². The molecule has 7 heteroatoms. The molecule has 0 atom stereocenters. The maximum Gasteiger partial charge on any atom is 0.381 e. The maximum atomic E-state index is 10.6. The molecule has 0 spiro atoms. The standard InChI is InChI=1S/C11H18N4O3/c1-11(2,8-13-3-5-18-6-4-13)14-7-10(12-9-14)15(16)17/h7,9H,3-6,8H2,1-2H3. The number of imidazole rings is 1. The third-order valence-electron chi connectivity index (χ3n) is 3.17. The van der Waals surface area contributed by atoms with Crippen LogP contribution in [0.2, 0.25) is 0 Å².